The van der Waals surface area contributed by atoms with E-state index in [2.05, 4.69) is 43.4 Å². The number of aromatic nitrogens is 4. The van der Waals surface area contributed by atoms with Crippen molar-refractivity contribution in [1.82, 2.24) is 30.2 Å². The molecule has 6 rings (SSSR count). The van der Waals surface area contributed by atoms with Gasteiger partial charge < -0.3 is 10.3 Å². The summed E-state index contributed by atoms with van der Waals surface area (Å²) in [5.74, 6) is 0.320. The van der Waals surface area contributed by atoms with Crippen LogP contribution in [0.3, 0.4) is 0 Å². The van der Waals surface area contributed by atoms with Gasteiger partial charge in [0.1, 0.15) is 11.6 Å². The molecular formula is C33H30ClFN6O. The molecule has 1 aliphatic carbocycles. The predicted octanol–water partition coefficient (Wildman–Crippen LogP) is 6.67. The summed E-state index contributed by atoms with van der Waals surface area (Å²) in [6, 6.07) is 20.6. The predicted molar refractivity (Wildman–Crippen MR) is 160 cm³/mol. The highest BCUT2D eigenvalue weighted by Gasteiger charge is 2.28. The lowest BCUT2D eigenvalue weighted by Crippen LogP contribution is -2.32. The Labute approximate surface area is 248 Å². The maximum Gasteiger partial charge on any atom is 0.253 e. The van der Waals surface area contributed by atoms with E-state index in [-0.39, 0.29) is 17.8 Å². The smallest absolute Gasteiger partial charge is 0.253 e. The lowest BCUT2D eigenvalue weighted by molar-refractivity contribution is 0.0951. The Kier molecular flexibility index (Phi) is 8.35. The maximum atomic E-state index is 13.5. The van der Waals surface area contributed by atoms with Gasteiger partial charge in [-0.05, 0) is 77.9 Å². The topological polar surface area (TPSA) is 86.8 Å². The number of halogens is 2. The van der Waals surface area contributed by atoms with E-state index in [4.69, 9.17) is 16.6 Å². The first-order valence-electron chi connectivity index (χ1n) is 14.0. The Morgan fingerprint density at radius 2 is 1.86 bits per heavy atom. The molecule has 1 amide bonds. The van der Waals surface area contributed by atoms with Crippen LogP contribution in [0.2, 0.25) is 5.02 Å². The van der Waals surface area contributed by atoms with E-state index in [1.54, 1.807) is 30.6 Å². The molecule has 1 atom stereocenters. The lowest BCUT2D eigenvalue weighted by Gasteiger charge is -2.34. The molecule has 42 heavy (non-hydrogen) atoms. The van der Waals surface area contributed by atoms with Gasteiger partial charge in [0, 0.05) is 31.7 Å². The van der Waals surface area contributed by atoms with Crippen molar-refractivity contribution < 1.29 is 9.18 Å². The largest absolute Gasteiger partial charge is 0.348 e. The normalized spacial score (nSPS) is 14.5. The van der Waals surface area contributed by atoms with Gasteiger partial charge >= 0.3 is 0 Å². The number of carbonyl (C=O) groups excluding carboxylic acids is 1. The van der Waals surface area contributed by atoms with Crippen LogP contribution in [0.25, 0.3) is 11.3 Å². The molecule has 0 saturated heterocycles. The number of amides is 1. The summed E-state index contributed by atoms with van der Waals surface area (Å²) in [6.45, 7) is 1.63. The van der Waals surface area contributed by atoms with E-state index in [1.165, 1.54) is 23.9 Å². The Morgan fingerprint density at radius 3 is 2.71 bits per heavy atom. The second kappa shape index (κ2) is 12.6. The van der Waals surface area contributed by atoms with Crippen molar-refractivity contribution in [3.05, 3.63) is 136 Å². The standard InChI is InChI=1S/C33H30ClFN6O/c34-28-18-36-15-13-27(28)33(42)39-17-22-4-1-5-23(16-22)20-41(30-8-2-6-25-7-3-14-37-32(25)30)21-31-38-19-29(40-31)24-9-11-26(35)12-10-24/h1,3-5,7,9-16,18-19,30H,2,6,8,17,20-21H2,(H,38,40)(H,39,42). The highest BCUT2D eigenvalue weighted by molar-refractivity contribution is 6.33. The van der Waals surface area contributed by atoms with E-state index in [9.17, 15) is 9.18 Å². The molecule has 212 valence electrons. The first-order valence-corrected chi connectivity index (χ1v) is 14.3. The molecule has 3 heterocycles. The van der Waals surface area contributed by atoms with Gasteiger partial charge in [0.05, 0.1) is 40.8 Å². The number of aromatic amines is 1. The summed E-state index contributed by atoms with van der Waals surface area (Å²) in [5, 5.41) is 3.28. The zero-order chi connectivity index (χ0) is 28.9. The van der Waals surface area contributed by atoms with Crippen LogP contribution in [0.4, 0.5) is 4.39 Å². The van der Waals surface area contributed by atoms with Gasteiger partial charge in [0.2, 0.25) is 0 Å². The number of fused-ring (bicyclic) bond motifs is 1. The first-order chi connectivity index (χ1) is 20.5. The van der Waals surface area contributed by atoms with Crippen molar-refractivity contribution in [3.8, 4) is 11.3 Å². The number of H-pyrrole nitrogens is 1. The van der Waals surface area contributed by atoms with Crippen molar-refractivity contribution in [2.24, 2.45) is 0 Å². The highest BCUT2D eigenvalue weighted by Crippen LogP contribution is 2.35. The minimum Gasteiger partial charge on any atom is -0.348 e. The SMILES string of the molecule is O=C(NCc1cccc(CN(Cc2ncc(-c3ccc(F)cc3)[nH]2)C2CCCc3cccnc32)c1)c1ccncc1Cl. The van der Waals surface area contributed by atoms with Crippen molar-refractivity contribution in [2.75, 3.05) is 0 Å². The summed E-state index contributed by atoms with van der Waals surface area (Å²) in [7, 11) is 0. The summed E-state index contributed by atoms with van der Waals surface area (Å²) in [5.41, 5.74) is 6.65. The third kappa shape index (κ3) is 6.40. The number of rotatable bonds is 9. The van der Waals surface area contributed by atoms with Crippen LogP contribution in [0.15, 0.2) is 91.5 Å². The van der Waals surface area contributed by atoms with Crippen LogP contribution in [-0.4, -0.2) is 30.7 Å². The van der Waals surface area contributed by atoms with Crippen LogP contribution in [0.1, 0.15) is 57.5 Å². The van der Waals surface area contributed by atoms with E-state index in [0.29, 0.717) is 30.2 Å². The molecule has 2 N–H and O–H groups in total. The fraction of sp³-hybridized carbons (Fsp3) is 0.212. The fourth-order valence-electron chi connectivity index (χ4n) is 5.54. The molecule has 0 spiro atoms. The molecule has 3 aromatic heterocycles. The van der Waals surface area contributed by atoms with Gasteiger partial charge in [-0.2, -0.15) is 0 Å². The van der Waals surface area contributed by atoms with Gasteiger partial charge in [-0.1, -0.05) is 41.9 Å². The van der Waals surface area contributed by atoms with Crippen LogP contribution in [0.5, 0.6) is 0 Å². The van der Waals surface area contributed by atoms with Gasteiger partial charge in [0.25, 0.3) is 5.91 Å². The average molecular weight is 581 g/mol. The molecule has 7 nitrogen and oxygen atoms in total. The Balaban J connectivity index is 1.23. The molecular weight excluding hydrogens is 551 g/mol. The number of hydrogen-bond donors (Lipinski definition) is 2. The average Bonchev–Trinajstić information content (AvgIpc) is 3.48. The van der Waals surface area contributed by atoms with Gasteiger partial charge in [-0.3, -0.25) is 19.7 Å². The molecule has 0 radical (unpaired) electrons. The molecule has 1 aliphatic rings. The summed E-state index contributed by atoms with van der Waals surface area (Å²) in [6.07, 6.45) is 9.79. The van der Waals surface area contributed by atoms with Gasteiger partial charge in [0.15, 0.2) is 0 Å². The number of nitrogens with zero attached hydrogens (tertiary/aromatic N) is 4. The molecule has 5 aromatic rings. The number of benzene rings is 2. The van der Waals surface area contributed by atoms with Crippen molar-refractivity contribution >= 4 is 17.5 Å². The van der Waals surface area contributed by atoms with Crippen molar-refractivity contribution in [2.45, 2.75) is 44.9 Å². The van der Waals surface area contributed by atoms with Gasteiger partial charge in [-0.25, -0.2) is 9.37 Å². The number of pyridine rings is 2. The number of aryl methyl sites for hydroxylation is 1. The second-order valence-corrected chi connectivity index (χ2v) is 10.9. The molecule has 2 aromatic carbocycles. The summed E-state index contributed by atoms with van der Waals surface area (Å²) < 4.78 is 13.5. The van der Waals surface area contributed by atoms with Crippen LogP contribution in [-0.2, 0) is 26.1 Å². The van der Waals surface area contributed by atoms with Crippen molar-refractivity contribution in [3.63, 3.8) is 0 Å². The van der Waals surface area contributed by atoms with E-state index in [1.807, 2.05) is 24.4 Å². The molecule has 0 fully saturated rings. The maximum absolute atomic E-state index is 13.5. The molecule has 0 saturated carbocycles. The third-order valence-corrected chi connectivity index (χ3v) is 7.89. The Hall–Kier alpha value is -4.40. The minimum atomic E-state index is -0.268. The van der Waals surface area contributed by atoms with Crippen LogP contribution >= 0.6 is 11.6 Å². The highest BCUT2D eigenvalue weighted by atomic mass is 35.5. The van der Waals surface area contributed by atoms with E-state index >= 15 is 0 Å². The molecule has 0 aliphatic heterocycles. The quantitative estimate of drug-likeness (QED) is 0.203. The zero-order valence-corrected chi connectivity index (χ0v) is 23.7. The third-order valence-electron chi connectivity index (χ3n) is 7.59. The van der Waals surface area contributed by atoms with E-state index in [0.717, 1.165) is 53.2 Å². The molecule has 9 heteroatoms. The van der Waals surface area contributed by atoms with Crippen LogP contribution in [0, 0.1) is 5.82 Å². The number of imidazole rings is 1. The Morgan fingerprint density at radius 1 is 1.00 bits per heavy atom. The first kappa shape index (κ1) is 27.8. The fourth-order valence-corrected chi connectivity index (χ4v) is 5.74. The summed E-state index contributed by atoms with van der Waals surface area (Å²) in [4.78, 5) is 31.9. The molecule has 0 bridgehead atoms. The van der Waals surface area contributed by atoms with E-state index < -0.39 is 0 Å². The monoisotopic (exact) mass is 580 g/mol. The number of nitrogens with one attached hydrogen (secondary N) is 2. The number of hydrogen-bond acceptors (Lipinski definition) is 5. The van der Waals surface area contributed by atoms with Crippen LogP contribution < -0.4 is 5.32 Å². The second-order valence-electron chi connectivity index (χ2n) is 10.5. The Bertz CT molecular complexity index is 1690. The molecule has 1 unspecified atom stereocenters. The summed E-state index contributed by atoms with van der Waals surface area (Å²) >= 11 is 6.15. The number of carbonyl (C=O) groups is 1. The lowest BCUT2D eigenvalue weighted by atomic mass is 9.90. The van der Waals surface area contributed by atoms with Gasteiger partial charge in [-0.15, -0.1) is 0 Å². The minimum absolute atomic E-state index is 0.131. The zero-order valence-electron chi connectivity index (χ0n) is 22.9. The van der Waals surface area contributed by atoms with Crippen molar-refractivity contribution in [1.29, 1.82) is 0 Å².